The highest BCUT2D eigenvalue weighted by Gasteiger charge is 2.31. The summed E-state index contributed by atoms with van der Waals surface area (Å²) in [5.41, 5.74) is 15.4. The van der Waals surface area contributed by atoms with Gasteiger partial charge in [0.25, 0.3) is 0 Å². The molecule has 0 bridgehead atoms. The first-order chi connectivity index (χ1) is 27.8. The lowest BCUT2D eigenvalue weighted by Crippen LogP contribution is -2.17. The molecule has 0 unspecified atom stereocenters. The van der Waals surface area contributed by atoms with E-state index in [1.807, 2.05) is 55.5 Å². The summed E-state index contributed by atoms with van der Waals surface area (Å²) in [7, 11) is 0. The highest BCUT2D eigenvalue weighted by atomic mass is 19.4. The minimum absolute atomic E-state index is 0.0430. The standard InChI is InChI=1S/C19H14F4N6O.C19H15FN6O2/c1-10-25-13-4-2-3-5-14(13)29(10)18-27-16(24)15(20)17(28-18)26-11-6-8-12(9-7-11)30-19(21,22)23;1-10-22-12-4-2-3-5-13(12)26(10)19-24-17(21)16(20)18(25-19)23-11-6-7-14-15(8-11)28-9-27-14/h2-9H,1H3,(H3,24,26,27,28);2-8H,9H2,1H3,(H3,21,23,24,25). The van der Waals surface area contributed by atoms with Crippen LogP contribution in [0.25, 0.3) is 34.0 Å². The number of benzene rings is 4. The number of halogens is 5. The summed E-state index contributed by atoms with van der Waals surface area (Å²) in [6.45, 7) is 3.73. The predicted molar refractivity (Wildman–Crippen MR) is 204 cm³/mol. The number of alkyl halides is 3. The molecule has 1 aliphatic heterocycles. The molecule has 0 saturated carbocycles. The molecule has 9 rings (SSSR count). The van der Waals surface area contributed by atoms with Crippen LogP contribution in [-0.4, -0.2) is 52.2 Å². The largest absolute Gasteiger partial charge is 0.573 e. The molecule has 1 aliphatic rings. The Bertz CT molecular complexity index is 2830. The predicted octanol–water partition coefficient (Wildman–Crippen LogP) is 7.80. The van der Waals surface area contributed by atoms with Gasteiger partial charge in [-0.1, -0.05) is 24.3 Å². The number of nitrogens with zero attached hydrogens (tertiary/aromatic N) is 8. The Hall–Kier alpha value is -7.77. The van der Waals surface area contributed by atoms with Crippen LogP contribution in [-0.2, 0) is 0 Å². The fourth-order valence-corrected chi connectivity index (χ4v) is 6.06. The number of imidazole rings is 2. The lowest BCUT2D eigenvalue weighted by atomic mass is 10.2. The molecule has 58 heavy (non-hydrogen) atoms. The van der Waals surface area contributed by atoms with E-state index in [4.69, 9.17) is 20.9 Å². The van der Waals surface area contributed by atoms with Crippen molar-refractivity contribution in [2.45, 2.75) is 20.2 Å². The Labute approximate surface area is 324 Å². The molecular weight excluding hydrogens is 767 g/mol. The quantitative estimate of drug-likeness (QED) is 0.114. The molecule has 15 nitrogen and oxygen atoms in total. The number of ether oxygens (including phenoxy) is 3. The van der Waals surface area contributed by atoms with E-state index in [1.54, 1.807) is 34.3 Å². The van der Waals surface area contributed by atoms with Gasteiger partial charge in [0.1, 0.15) is 17.4 Å². The maximum Gasteiger partial charge on any atom is 0.573 e. The zero-order valence-corrected chi connectivity index (χ0v) is 30.2. The van der Waals surface area contributed by atoms with Gasteiger partial charge in [0.2, 0.25) is 30.3 Å². The molecular formula is C38H29F5N12O3. The number of nitrogens with two attached hydrogens (primary N) is 2. The number of aromatic nitrogens is 8. The number of hydrogen-bond acceptors (Lipinski definition) is 13. The van der Waals surface area contributed by atoms with Gasteiger partial charge in [0, 0.05) is 17.4 Å². The average molecular weight is 797 g/mol. The third-order valence-corrected chi connectivity index (χ3v) is 8.57. The van der Waals surface area contributed by atoms with Crippen LogP contribution in [0.4, 0.5) is 56.6 Å². The van der Waals surface area contributed by atoms with Gasteiger partial charge in [-0.3, -0.25) is 9.13 Å². The van der Waals surface area contributed by atoms with Crippen molar-refractivity contribution in [3.63, 3.8) is 0 Å². The second kappa shape index (κ2) is 14.7. The van der Waals surface area contributed by atoms with Crippen LogP contribution in [0.15, 0.2) is 91.0 Å². The first-order valence-corrected chi connectivity index (χ1v) is 17.2. The molecule has 8 aromatic rings. The number of hydrogen-bond donors (Lipinski definition) is 4. The van der Waals surface area contributed by atoms with Gasteiger partial charge in [-0.15, -0.1) is 13.2 Å². The maximum atomic E-state index is 14.6. The molecule has 6 N–H and O–H groups in total. The normalized spacial score (nSPS) is 12.1. The van der Waals surface area contributed by atoms with Crippen LogP contribution in [0.3, 0.4) is 0 Å². The third kappa shape index (κ3) is 7.44. The summed E-state index contributed by atoms with van der Waals surface area (Å²) in [6, 6.07) is 24.8. The minimum Gasteiger partial charge on any atom is -0.454 e. The van der Waals surface area contributed by atoms with E-state index in [-0.39, 0.29) is 41.8 Å². The molecule has 4 aromatic heterocycles. The summed E-state index contributed by atoms with van der Waals surface area (Å²) in [4.78, 5) is 25.6. The summed E-state index contributed by atoms with van der Waals surface area (Å²) >= 11 is 0. The van der Waals surface area contributed by atoms with Crippen molar-refractivity contribution in [3.05, 3.63) is 114 Å². The van der Waals surface area contributed by atoms with Crippen molar-refractivity contribution in [2.75, 3.05) is 28.9 Å². The van der Waals surface area contributed by atoms with Gasteiger partial charge in [0.15, 0.2) is 34.8 Å². The van der Waals surface area contributed by atoms with E-state index < -0.39 is 29.6 Å². The molecule has 294 valence electrons. The van der Waals surface area contributed by atoms with Gasteiger partial charge >= 0.3 is 6.36 Å². The van der Waals surface area contributed by atoms with E-state index in [0.717, 1.165) is 23.2 Å². The topological polar surface area (TPSA) is 191 Å². The van der Waals surface area contributed by atoms with E-state index in [1.165, 1.54) is 12.1 Å². The number of fused-ring (bicyclic) bond motifs is 3. The van der Waals surface area contributed by atoms with E-state index >= 15 is 0 Å². The number of nitrogens with one attached hydrogen (secondary N) is 2. The highest BCUT2D eigenvalue weighted by molar-refractivity contribution is 5.79. The van der Waals surface area contributed by atoms with Crippen molar-refractivity contribution in [2.24, 2.45) is 0 Å². The van der Waals surface area contributed by atoms with E-state index in [0.29, 0.717) is 39.9 Å². The summed E-state index contributed by atoms with van der Waals surface area (Å²) in [5.74, 6) is -0.189. The summed E-state index contributed by atoms with van der Waals surface area (Å²) < 4.78 is 83.8. The molecule has 0 radical (unpaired) electrons. The lowest BCUT2D eigenvalue weighted by Gasteiger charge is -2.13. The third-order valence-electron chi connectivity index (χ3n) is 8.57. The number of rotatable bonds is 7. The molecule has 5 heterocycles. The van der Waals surface area contributed by atoms with Crippen LogP contribution >= 0.6 is 0 Å². The second-order valence-electron chi connectivity index (χ2n) is 12.5. The number of para-hydroxylation sites is 4. The van der Waals surface area contributed by atoms with Crippen molar-refractivity contribution >= 4 is 56.7 Å². The molecule has 0 saturated heterocycles. The van der Waals surface area contributed by atoms with Gasteiger partial charge < -0.3 is 36.3 Å². The van der Waals surface area contributed by atoms with Gasteiger partial charge in [-0.2, -0.15) is 28.7 Å². The Balaban J connectivity index is 0.000000162. The SMILES string of the molecule is Cc1nc2ccccc2n1-c1nc(N)c(F)c(Nc2ccc(OC(F)(F)F)cc2)n1.Cc1nc2ccccc2n1-c1nc(N)c(F)c(Nc2ccc3c(c2)OCO3)n1. The van der Waals surface area contributed by atoms with Crippen molar-refractivity contribution < 1.29 is 36.2 Å². The first-order valence-electron chi connectivity index (χ1n) is 17.2. The smallest absolute Gasteiger partial charge is 0.454 e. The molecule has 0 fully saturated rings. The van der Waals surface area contributed by atoms with Crippen molar-refractivity contribution in [1.82, 2.24) is 39.0 Å². The Morgan fingerprint density at radius 3 is 1.64 bits per heavy atom. The summed E-state index contributed by atoms with van der Waals surface area (Å²) in [5, 5.41) is 5.63. The van der Waals surface area contributed by atoms with Crippen LogP contribution in [0, 0.1) is 25.5 Å². The zero-order chi connectivity index (χ0) is 40.7. The van der Waals surface area contributed by atoms with Gasteiger partial charge in [0.05, 0.1) is 22.1 Å². The van der Waals surface area contributed by atoms with Crippen LogP contribution in [0.2, 0.25) is 0 Å². The number of anilines is 6. The maximum absolute atomic E-state index is 14.6. The first kappa shape index (κ1) is 37.2. The van der Waals surface area contributed by atoms with E-state index in [9.17, 15) is 22.0 Å². The van der Waals surface area contributed by atoms with Crippen LogP contribution in [0.5, 0.6) is 17.2 Å². The fraction of sp³-hybridized carbons (Fsp3) is 0.105. The number of nitrogen functional groups attached to an aromatic ring is 2. The Morgan fingerprint density at radius 2 is 1.10 bits per heavy atom. The molecule has 0 amide bonds. The van der Waals surface area contributed by atoms with E-state index in [2.05, 4.69) is 45.3 Å². The van der Waals surface area contributed by atoms with Crippen molar-refractivity contribution in [1.29, 1.82) is 0 Å². The minimum atomic E-state index is -4.80. The average Bonchev–Trinajstić information content (AvgIpc) is 3.89. The Kier molecular flexibility index (Phi) is 9.43. The second-order valence-corrected chi connectivity index (χ2v) is 12.5. The highest BCUT2D eigenvalue weighted by Crippen LogP contribution is 2.36. The van der Waals surface area contributed by atoms with Gasteiger partial charge in [-0.05, 0) is 74.5 Å². The van der Waals surface area contributed by atoms with Crippen LogP contribution < -0.4 is 36.3 Å². The molecule has 0 spiro atoms. The number of aryl methyl sites for hydroxylation is 2. The van der Waals surface area contributed by atoms with Gasteiger partial charge in [-0.25, -0.2) is 9.97 Å². The monoisotopic (exact) mass is 796 g/mol. The summed E-state index contributed by atoms with van der Waals surface area (Å²) in [6.07, 6.45) is -4.80. The molecule has 0 aliphatic carbocycles. The fourth-order valence-electron chi connectivity index (χ4n) is 6.06. The van der Waals surface area contributed by atoms with Crippen LogP contribution in [0.1, 0.15) is 11.6 Å². The molecule has 20 heteroatoms. The Morgan fingerprint density at radius 1 is 0.621 bits per heavy atom. The molecule has 4 aromatic carbocycles. The molecule has 0 atom stereocenters. The zero-order valence-electron chi connectivity index (χ0n) is 30.2. The lowest BCUT2D eigenvalue weighted by molar-refractivity contribution is -0.274. The van der Waals surface area contributed by atoms with Crippen molar-refractivity contribution in [3.8, 4) is 29.1 Å².